The first-order valence-corrected chi connectivity index (χ1v) is 8.55. The molecule has 114 valence electrons. The lowest BCUT2D eigenvalue weighted by molar-refractivity contribution is -0.151. The molecule has 1 aliphatic carbocycles. The molecule has 1 saturated heterocycles. The second-order valence-electron chi connectivity index (χ2n) is 5.88. The van der Waals surface area contributed by atoms with Crippen molar-refractivity contribution in [3.05, 3.63) is 22.4 Å². The highest BCUT2D eigenvalue weighted by Gasteiger charge is 2.54. The van der Waals surface area contributed by atoms with Gasteiger partial charge in [0, 0.05) is 18.0 Å². The number of hydrogen-bond acceptors (Lipinski definition) is 4. The molecule has 1 saturated carbocycles. The maximum absolute atomic E-state index is 12.8. The normalized spacial score (nSPS) is 21.1. The number of amides is 1. The minimum Gasteiger partial charge on any atom is -0.466 e. The summed E-state index contributed by atoms with van der Waals surface area (Å²) in [4.78, 5) is 27.7. The lowest BCUT2D eigenvalue weighted by atomic mass is 9.94. The highest BCUT2D eigenvalue weighted by atomic mass is 32.1. The first kappa shape index (κ1) is 14.6. The lowest BCUT2D eigenvalue weighted by Crippen LogP contribution is -2.45. The maximum Gasteiger partial charge on any atom is 0.309 e. The standard InChI is InChI=1S/C16H21NO3S/c1-2-20-14(18)12-5-9-17(10-6-12)15(19)16(7-8-16)13-4-3-11-21-13/h3-4,11-12H,2,5-10H2,1H3. The molecule has 1 aromatic rings. The molecule has 4 nitrogen and oxygen atoms in total. The molecule has 5 heteroatoms. The van der Waals surface area contributed by atoms with Crippen LogP contribution >= 0.6 is 11.3 Å². The highest BCUT2D eigenvalue weighted by Crippen LogP contribution is 2.51. The second-order valence-corrected chi connectivity index (χ2v) is 6.83. The summed E-state index contributed by atoms with van der Waals surface area (Å²) in [5.41, 5.74) is -0.245. The third-order valence-corrected chi connectivity index (χ3v) is 5.63. The second kappa shape index (κ2) is 5.79. The van der Waals surface area contributed by atoms with Gasteiger partial charge < -0.3 is 9.64 Å². The van der Waals surface area contributed by atoms with Crippen LogP contribution in [0.25, 0.3) is 0 Å². The molecular formula is C16H21NO3S. The van der Waals surface area contributed by atoms with Gasteiger partial charge in [-0.15, -0.1) is 11.3 Å². The van der Waals surface area contributed by atoms with Gasteiger partial charge in [-0.2, -0.15) is 0 Å². The van der Waals surface area contributed by atoms with E-state index < -0.39 is 0 Å². The van der Waals surface area contributed by atoms with Crippen molar-refractivity contribution in [3.8, 4) is 0 Å². The Kier molecular flexibility index (Phi) is 4.02. The molecule has 3 rings (SSSR count). The van der Waals surface area contributed by atoms with Crippen LogP contribution in [0.2, 0.25) is 0 Å². The number of nitrogens with zero attached hydrogens (tertiary/aromatic N) is 1. The van der Waals surface area contributed by atoms with Crippen LogP contribution < -0.4 is 0 Å². The van der Waals surface area contributed by atoms with E-state index in [2.05, 4.69) is 6.07 Å². The van der Waals surface area contributed by atoms with Crippen molar-refractivity contribution in [2.75, 3.05) is 19.7 Å². The number of likely N-dealkylation sites (tertiary alicyclic amines) is 1. The van der Waals surface area contributed by atoms with E-state index in [4.69, 9.17) is 4.74 Å². The number of piperidine rings is 1. The molecule has 0 radical (unpaired) electrons. The Morgan fingerprint density at radius 2 is 2.10 bits per heavy atom. The molecule has 2 heterocycles. The number of carbonyl (C=O) groups is 2. The topological polar surface area (TPSA) is 46.6 Å². The van der Waals surface area contributed by atoms with Crippen LogP contribution in [0.4, 0.5) is 0 Å². The predicted molar refractivity (Wildman–Crippen MR) is 81.2 cm³/mol. The van der Waals surface area contributed by atoms with Gasteiger partial charge in [0.15, 0.2) is 0 Å². The minimum absolute atomic E-state index is 0.0362. The van der Waals surface area contributed by atoms with Gasteiger partial charge in [-0.05, 0) is 44.1 Å². The molecule has 0 N–H and O–H groups in total. The fraction of sp³-hybridized carbons (Fsp3) is 0.625. The summed E-state index contributed by atoms with van der Waals surface area (Å²) in [5.74, 6) is 0.113. The maximum atomic E-state index is 12.8. The quantitative estimate of drug-likeness (QED) is 0.803. The van der Waals surface area contributed by atoms with Crippen LogP contribution in [-0.2, 0) is 19.7 Å². The fourth-order valence-electron chi connectivity index (χ4n) is 3.12. The van der Waals surface area contributed by atoms with Crippen molar-refractivity contribution >= 4 is 23.2 Å². The van der Waals surface area contributed by atoms with Crippen LogP contribution in [0.1, 0.15) is 37.5 Å². The number of esters is 1. The first-order valence-electron chi connectivity index (χ1n) is 7.67. The zero-order valence-corrected chi connectivity index (χ0v) is 13.2. The van der Waals surface area contributed by atoms with Gasteiger partial charge in [0.25, 0.3) is 0 Å². The van der Waals surface area contributed by atoms with Gasteiger partial charge in [-0.25, -0.2) is 0 Å². The molecule has 0 unspecified atom stereocenters. The van der Waals surface area contributed by atoms with Crippen LogP contribution in [-0.4, -0.2) is 36.5 Å². The third kappa shape index (κ3) is 2.71. The van der Waals surface area contributed by atoms with Crippen LogP contribution in [0.3, 0.4) is 0 Å². The third-order valence-electron chi connectivity index (χ3n) is 4.55. The smallest absolute Gasteiger partial charge is 0.309 e. The molecule has 2 fully saturated rings. The van der Waals surface area contributed by atoms with Gasteiger partial charge in [0.1, 0.15) is 0 Å². The molecular weight excluding hydrogens is 286 g/mol. The zero-order valence-electron chi connectivity index (χ0n) is 12.3. The van der Waals surface area contributed by atoms with Gasteiger partial charge in [0.05, 0.1) is 17.9 Å². The predicted octanol–water partition coefficient (Wildman–Crippen LogP) is 2.58. The lowest BCUT2D eigenvalue weighted by Gasteiger charge is -2.33. The van der Waals surface area contributed by atoms with E-state index in [9.17, 15) is 9.59 Å². The Labute approximate surface area is 129 Å². The minimum atomic E-state index is -0.245. The Hall–Kier alpha value is -1.36. The number of hydrogen-bond donors (Lipinski definition) is 0. The Morgan fingerprint density at radius 3 is 2.62 bits per heavy atom. The van der Waals surface area contributed by atoms with Crippen molar-refractivity contribution in [1.82, 2.24) is 4.90 Å². The summed E-state index contributed by atoms with van der Waals surface area (Å²) in [5, 5.41) is 2.04. The van der Waals surface area contributed by atoms with E-state index in [1.165, 1.54) is 4.88 Å². The Morgan fingerprint density at radius 1 is 1.38 bits per heavy atom. The average molecular weight is 307 g/mol. The van der Waals surface area contributed by atoms with E-state index in [0.717, 1.165) is 25.7 Å². The van der Waals surface area contributed by atoms with Gasteiger partial charge >= 0.3 is 5.97 Å². The molecule has 0 bridgehead atoms. The van der Waals surface area contributed by atoms with Gasteiger partial charge in [-0.3, -0.25) is 9.59 Å². The molecule has 0 atom stereocenters. The number of carbonyl (C=O) groups excluding carboxylic acids is 2. The van der Waals surface area contributed by atoms with Crippen molar-refractivity contribution in [2.45, 2.75) is 38.0 Å². The van der Waals surface area contributed by atoms with Crippen molar-refractivity contribution in [1.29, 1.82) is 0 Å². The van der Waals surface area contributed by atoms with Crippen molar-refractivity contribution in [2.24, 2.45) is 5.92 Å². The van der Waals surface area contributed by atoms with E-state index in [1.54, 1.807) is 11.3 Å². The molecule has 0 aromatic carbocycles. The van der Waals surface area contributed by atoms with E-state index >= 15 is 0 Å². The fourth-order valence-corrected chi connectivity index (χ4v) is 4.10. The summed E-state index contributed by atoms with van der Waals surface area (Å²) < 4.78 is 5.07. The van der Waals surface area contributed by atoms with Gasteiger partial charge in [0.2, 0.25) is 5.91 Å². The average Bonchev–Trinajstić information content (AvgIpc) is 3.13. The summed E-state index contributed by atoms with van der Waals surface area (Å²) in [6, 6.07) is 4.08. The number of thiophene rings is 1. The Bertz CT molecular complexity index is 514. The molecule has 1 aromatic heterocycles. The van der Waals surface area contributed by atoms with Crippen molar-refractivity contribution in [3.63, 3.8) is 0 Å². The van der Waals surface area contributed by atoms with Crippen molar-refractivity contribution < 1.29 is 14.3 Å². The Balaban J connectivity index is 1.60. The first-order chi connectivity index (χ1) is 10.2. The molecule has 21 heavy (non-hydrogen) atoms. The number of rotatable bonds is 4. The summed E-state index contributed by atoms with van der Waals surface area (Å²) >= 11 is 1.68. The summed E-state index contributed by atoms with van der Waals surface area (Å²) in [6.45, 7) is 3.61. The highest BCUT2D eigenvalue weighted by molar-refractivity contribution is 7.10. The van der Waals surface area contributed by atoms with Crippen LogP contribution in [0.15, 0.2) is 17.5 Å². The van der Waals surface area contributed by atoms with E-state index in [1.807, 2.05) is 23.3 Å². The molecule has 1 aliphatic heterocycles. The summed E-state index contributed by atoms with van der Waals surface area (Å²) in [7, 11) is 0. The SMILES string of the molecule is CCOC(=O)C1CCN(C(=O)C2(c3cccs3)CC2)CC1. The largest absolute Gasteiger partial charge is 0.466 e. The molecule has 0 spiro atoms. The molecule has 1 amide bonds. The zero-order chi connectivity index (χ0) is 14.9. The van der Waals surface area contributed by atoms with Gasteiger partial charge in [-0.1, -0.05) is 6.07 Å². The number of ether oxygens (including phenoxy) is 1. The van der Waals surface area contributed by atoms with Crippen LogP contribution in [0, 0.1) is 5.92 Å². The molecule has 2 aliphatic rings. The van der Waals surface area contributed by atoms with Crippen LogP contribution in [0.5, 0.6) is 0 Å². The van der Waals surface area contributed by atoms with E-state index in [0.29, 0.717) is 19.7 Å². The summed E-state index contributed by atoms with van der Waals surface area (Å²) in [6.07, 6.45) is 3.38. The van der Waals surface area contributed by atoms with E-state index in [-0.39, 0.29) is 23.2 Å². The monoisotopic (exact) mass is 307 g/mol.